The van der Waals surface area contributed by atoms with Crippen LogP contribution in [0.2, 0.25) is 0 Å². The normalized spacial score (nSPS) is 12.1. The first-order valence-electron chi connectivity index (χ1n) is 21.4. The summed E-state index contributed by atoms with van der Waals surface area (Å²) in [6.45, 7) is 0. The molecule has 292 valence electrons. The number of para-hydroxylation sites is 5. The number of fused-ring (bicyclic) bond motifs is 12. The number of hydrogen-bond donors (Lipinski definition) is 0. The van der Waals surface area contributed by atoms with E-state index in [0.29, 0.717) is 5.82 Å². The van der Waals surface area contributed by atoms with Gasteiger partial charge in [0, 0.05) is 59.9 Å². The zero-order chi connectivity index (χ0) is 41.2. The van der Waals surface area contributed by atoms with Gasteiger partial charge in [-0.2, -0.15) is 0 Å². The summed E-state index contributed by atoms with van der Waals surface area (Å²) in [7, 11) is 0. The van der Waals surface area contributed by atoms with Gasteiger partial charge in [0.1, 0.15) is 11.2 Å². The lowest BCUT2D eigenvalue weighted by Crippen LogP contribution is -1.99. The molecule has 0 saturated heterocycles. The Bertz CT molecular complexity index is 4170. The molecule has 0 unspecified atom stereocenters. The van der Waals surface area contributed by atoms with Gasteiger partial charge in [-0.3, -0.25) is 0 Å². The summed E-state index contributed by atoms with van der Waals surface area (Å²) < 4.78 is 11.2. The highest BCUT2D eigenvalue weighted by Crippen LogP contribution is 2.41. The van der Waals surface area contributed by atoms with E-state index < -0.39 is 0 Å². The molecule has 0 spiro atoms. The van der Waals surface area contributed by atoms with Gasteiger partial charge in [-0.15, -0.1) is 0 Å². The minimum Gasteiger partial charge on any atom is -0.456 e. The standard InChI is InChI=1S/C58H34N4O/c1-2-14-40-39(13-1)46(58-59-49-20-8-3-19-47(49)57(60-58)36-26-28-45-44-18-7-12-24-55(44)63-56(45)34-36)29-30-53(40)62-52-23-11-6-17-43(52)48-32-37-31-38(27-25-35(37)33-54(48)62)61-50-21-9-4-15-41(50)42-16-5-10-22-51(42)61/h1-34H. The van der Waals surface area contributed by atoms with Gasteiger partial charge in [-0.25, -0.2) is 9.97 Å². The van der Waals surface area contributed by atoms with Crippen LogP contribution in [0.1, 0.15) is 0 Å². The molecule has 0 fully saturated rings. The lowest BCUT2D eigenvalue weighted by atomic mass is 10.00. The second-order valence-electron chi connectivity index (χ2n) is 16.5. The summed E-state index contributed by atoms with van der Waals surface area (Å²) in [5.74, 6) is 0.684. The molecule has 4 aromatic heterocycles. The highest BCUT2D eigenvalue weighted by molar-refractivity contribution is 6.16. The molecule has 0 saturated carbocycles. The molecule has 5 nitrogen and oxygen atoms in total. The maximum atomic E-state index is 6.33. The number of aromatic nitrogens is 4. The Morgan fingerprint density at radius 1 is 0.349 bits per heavy atom. The van der Waals surface area contributed by atoms with Crippen molar-refractivity contribution in [2.24, 2.45) is 0 Å². The molecule has 0 amide bonds. The third kappa shape index (κ3) is 4.99. The van der Waals surface area contributed by atoms with Crippen LogP contribution < -0.4 is 0 Å². The molecule has 0 atom stereocenters. The van der Waals surface area contributed by atoms with Crippen molar-refractivity contribution >= 4 is 98.0 Å². The van der Waals surface area contributed by atoms with E-state index in [4.69, 9.17) is 14.4 Å². The van der Waals surface area contributed by atoms with Crippen molar-refractivity contribution in [2.75, 3.05) is 0 Å². The molecule has 0 N–H and O–H groups in total. The number of nitrogens with zero attached hydrogens (tertiary/aromatic N) is 4. The summed E-state index contributed by atoms with van der Waals surface area (Å²) in [5, 5.41) is 12.8. The summed E-state index contributed by atoms with van der Waals surface area (Å²) in [4.78, 5) is 10.6. The van der Waals surface area contributed by atoms with Crippen LogP contribution in [0.4, 0.5) is 0 Å². The van der Waals surface area contributed by atoms with E-state index in [9.17, 15) is 0 Å². The largest absolute Gasteiger partial charge is 0.456 e. The van der Waals surface area contributed by atoms with Crippen LogP contribution in [0.15, 0.2) is 211 Å². The first-order valence-corrected chi connectivity index (χ1v) is 21.4. The minimum atomic E-state index is 0.684. The summed E-state index contributed by atoms with van der Waals surface area (Å²) in [6, 6.07) is 73.8. The maximum Gasteiger partial charge on any atom is 0.161 e. The van der Waals surface area contributed by atoms with Crippen LogP contribution in [0.5, 0.6) is 0 Å². The fraction of sp³-hybridized carbons (Fsp3) is 0. The van der Waals surface area contributed by atoms with Crippen LogP contribution in [0.3, 0.4) is 0 Å². The van der Waals surface area contributed by atoms with E-state index in [2.05, 4.69) is 197 Å². The zero-order valence-electron chi connectivity index (χ0n) is 33.8. The van der Waals surface area contributed by atoms with Crippen LogP contribution in [-0.2, 0) is 0 Å². The van der Waals surface area contributed by atoms with E-state index >= 15 is 0 Å². The lowest BCUT2D eigenvalue weighted by molar-refractivity contribution is 0.669. The summed E-state index contributed by atoms with van der Waals surface area (Å²) in [6.07, 6.45) is 0. The van der Waals surface area contributed by atoms with Gasteiger partial charge in [-0.05, 0) is 95.0 Å². The Hall–Kier alpha value is -8.54. The van der Waals surface area contributed by atoms with Crippen molar-refractivity contribution in [1.29, 1.82) is 0 Å². The minimum absolute atomic E-state index is 0.684. The molecule has 14 aromatic rings. The first kappa shape index (κ1) is 34.2. The topological polar surface area (TPSA) is 48.8 Å². The van der Waals surface area contributed by atoms with Crippen molar-refractivity contribution in [3.63, 3.8) is 0 Å². The van der Waals surface area contributed by atoms with Gasteiger partial charge in [0.05, 0.1) is 39.0 Å². The molecule has 63 heavy (non-hydrogen) atoms. The second kappa shape index (κ2) is 13.0. The molecular formula is C58H34N4O. The molecule has 0 aliphatic heterocycles. The number of benzene rings is 10. The quantitative estimate of drug-likeness (QED) is 0.178. The van der Waals surface area contributed by atoms with Crippen molar-refractivity contribution in [1.82, 2.24) is 19.1 Å². The fourth-order valence-electron chi connectivity index (χ4n) is 10.3. The predicted molar refractivity (Wildman–Crippen MR) is 261 cm³/mol. The van der Waals surface area contributed by atoms with Gasteiger partial charge in [0.25, 0.3) is 0 Å². The Morgan fingerprint density at radius 3 is 1.75 bits per heavy atom. The van der Waals surface area contributed by atoms with E-state index in [-0.39, 0.29) is 0 Å². The lowest BCUT2D eigenvalue weighted by Gasteiger charge is -2.16. The zero-order valence-corrected chi connectivity index (χ0v) is 33.8. The molecule has 10 aromatic carbocycles. The fourth-order valence-corrected chi connectivity index (χ4v) is 10.3. The highest BCUT2D eigenvalue weighted by atomic mass is 16.3. The summed E-state index contributed by atoms with van der Waals surface area (Å²) in [5.41, 5.74) is 12.5. The van der Waals surface area contributed by atoms with Crippen molar-refractivity contribution < 1.29 is 4.42 Å². The van der Waals surface area contributed by atoms with Crippen LogP contribution >= 0.6 is 0 Å². The maximum absolute atomic E-state index is 6.33. The monoisotopic (exact) mass is 802 g/mol. The van der Waals surface area contributed by atoms with Crippen LogP contribution in [0.25, 0.3) is 132 Å². The van der Waals surface area contributed by atoms with Gasteiger partial charge in [-0.1, -0.05) is 127 Å². The smallest absolute Gasteiger partial charge is 0.161 e. The molecule has 5 heteroatoms. The Morgan fingerprint density at radius 2 is 0.968 bits per heavy atom. The van der Waals surface area contributed by atoms with Gasteiger partial charge < -0.3 is 13.6 Å². The van der Waals surface area contributed by atoms with Crippen LogP contribution in [-0.4, -0.2) is 19.1 Å². The molecule has 14 rings (SSSR count). The third-order valence-electron chi connectivity index (χ3n) is 13.1. The SMILES string of the molecule is c1ccc2c(-c3ccc4c(c3)oc3ccccc34)nc(-c3ccc(-n4c5ccccc5c5cc6cc(-n7c8ccccc8c8ccccc87)ccc6cc54)c4ccccc34)nc2c1. The summed E-state index contributed by atoms with van der Waals surface area (Å²) >= 11 is 0. The molecule has 0 bridgehead atoms. The predicted octanol–water partition coefficient (Wildman–Crippen LogP) is 15.4. The first-order chi connectivity index (χ1) is 31.2. The highest BCUT2D eigenvalue weighted by Gasteiger charge is 2.20. The van der Waals surface area contributed by atoms with Crippen molar-refractivity contribution in [3.8, 4) is 34.0 Å². The average Bonchev–Trinajstić information content (AvgIpc) is 3.99. The Balaban J connectivity index is 0.950. The number of rotatable bonds is 4. The Labute approximate surface area is 360 Å². The molecule has 4 heterocycles. The van der Waals surface area contributed by atoms with Gasteiger partial charge in [0.2, 0.25) is 0 Å². The van der Waals surface area contributed by atoms with Crippen LogP contribution in [0, 0.1) is 0 Å². The number of furan rings is 1. The van der Waals surface area contributed by atoms with Gasteiger partial charge >= 0.3 is 0 Å². The van der Waals surface area contributed by atoms with E-state index in [1.165, 1.54) is 43.4 Å². The van der Waals surface area contributed by atoms with Crippen molar-refractivity contribution in [2.45, 2.75) is 0 Å². The molecule has 0 radical (unpaired) electrons. The van der Waals surface area contributed by atoms with Crippen molar-refractivity contribution in [3.05, 3.63) is 206 Å². The average molecular weight is 803 g/mol. The number of hydrogen-bond acceptors (Lipinski definition) is 3. The van der Waals surface area contributed by atoms with E-state index in [1.807, 2.05) is 18.2 Å². The Kier molecular flexibility index (Phi) is 7.05. The van der Waals surface area contributed by atoms with Gasteiger partial charge in [0.15, 0.2) is 5.82 Å². The molecular weight excluding hydrogens is 769 g/mol. The second-order valence-corrected chi connectivity index (χ2v) is 16.5. The molecule has 0 aliphatic carbocycles. The van der Waals surface area contributed by atoms with E-state index in [0.717, 1.165) is 82.8 Å². The third-order valence-corrected chi connectivity index (χ3v) is 13.1. The van der Waals surface area contributed by atoms with E-state index in [1.54, 1.807) is 0 Å². The molecule has 0 aliphatic rings.